The molecule has 0 N–H and O–H groups in total. The summed E-state index contributed by atoms with van der Waals surface area (Å²) in [5, 5.41) is 0.512. The third-order valence-electron chi connectivity index (χ3n) is 5.03. The van der Waals surface area contributed by atoms with Crippen molar-refractivity contribution in [1.29, 1.82) is 0 Å². The Balaban J connectivity index is 1.73. The number of carbonyl (C=O) groups is 1. The van der Waals surface area contributed by atoms with E-state index in [1.807, 2.05) is 12.1 Å². The molecule has 0 aliphatic heterocycles. The zero-order valence-corrected chi connectivity index (χ0v) is 17.7. The van der Waals surface area contributed by atoms with E-state index in [9.17, 15) is 4.79 Å². The monoisotopic (exact) mass is 464 g/mol. The van der Waals surface area contributed by atoms with Crippen LogP contribution in [0.4, 0.5) is 4.39 Å². The maximum atomic E-state index is 15.3. The molecule has 146 valence electrons. The Hall–Kier alpha value is -1.76. The number of Topliss-reactive ketones (excluding diaryl/α,β-unsaturated/α-hetero) is 1. The quantitative estimate of drug-likeness (QED) is 0.443. The minimum atomic E-state index is -0.484. The fourth-order valence-corrected chi connectivity index (χ4v) is 3.96. The summed E-state index contributed by atoms with van der Waals surface area (Å²) in [5.74, 6) is -0.154. The predicted octanol–water partition coefficient (Wildman–Crippen LogP) is 5.33. The van der Waals surface area contributed by atoms with Crippen LogP contribution >= 0.6 is 27.5 Å². The van der Waals surface area contributed by atoms with Crippen molar-refractivity contribution in [2.75, 3.05) is 13.2 Å². The number of halogens is 3. The van der Waals surface area contributed by atoms with Gasteiger partial charge in [0.2, 0.25) is 0 Å². The Morgan fingerprint density at radius 3 is 2.89 bits per heavy atom. The molecule has 4 nitrogen and oxygen atoms in total. The number of ether oxygens (including phenoxy) is 1. The normalized spacial score (nSPS) is 14.0. The topological polar surface area (TPSA) is 44.1 Å². The number of nitrogens with zero attached hydrogens (tertiary/aromatic N) is 2. The predicted molar refractivity (Wildman–Crippen MR) is 111 cm³/mol. The Morgan fingerprint density at radius 2 is 2.18 bits per heavy atom. The third kappa shape index (κ3) is 4.00. The molecule has 0 bridgehead atoms. The van der Waals surface area contributed by atoms with Gasteiger partial charge in [-0.05, 0) is 42.5 Å². The average molecular weight is 466 g/mol. The van der Waals surface area contributed by atoms with E-state index in [4.69, 9.17) is 16.3 Å². The Kier molecular flexibility index (Phi) is 5.54. The molecule has 2 aromatic carbocycles. The van der Waals surface area contributed by atoms with Crippen molar-refractivity contribution in [1.82, 2.24) is 9.55 Å². The van der Waals surface area contributed by atoms with E-state index in [1.165, 1.54) is 0 Å². The SMILES string of the molecule is Cn1cnc2c(F)c(Cc3ccc(Br)cc3Cl)c(C(=O)COCC3CC3)cc21. The Bertz CT molecular complexity index is 1060. The van der Waals surface area contributed by atoms with Crippen LogP contribution < -0.4 is 0 Å². The lowest BCUT2D eigenvalue weighted by atomic mass is 9.95. The number of benzene rings is 2. The van der Waals surface area contributed by atoms with Crippen LogP contribution in [0, 0.1) is 11.7 Å². The first-order valence-corrected chi connectivity index (χ1v) is 10.3. The summed E-state index contributed by atoms with van der Waals surface area (Å²) in [6, 6.07) is 7.13. The Morgan fingerprint density at radius 1 is 1.39 bits per heavy atom. The van der Waals surface area contributed by atoms with Crippen molar-refractivity contribution in [2.24, 2.45) is 13.0 Å². The molecule has 0 unspecified atom stereocenters. The standard InChI is InChI=1S/C21H19BrClFN2O2/c1-26-11-25-21-18(26)8-15(19(27)10-28-9-12-2-3-12)16(20(21)24)6-13-4-5-14(22)7-17(13)23/h4-5,7-8,11-12H,2-3,6,9-10H2,1H3. The highest BCUT2D eigenvalue weighted by Crippen LogP contribution is 2.31. The van der Waals surface area contributed by atoms with E-state index in [1.54, 1.807) is 30.1 Å². The van der Waals surface area contributed by atoms with Gasteiger partial charge in [-0.3, -0.25) is 4.79 Å². The number of aryl methyl sites for hydroxylation is 1. The highest BCUT2D eigenvalue weighted by atomic mass is 79.9. The molecule has 0 atom stereocenters. The second-order valence-electron chi connectivity index (χ2n) is 7.23. The summed E-state index contributed by atoms with van der Waals surface area (Å²) < 4.78 is 23.4. The lowest BCUT2D eigenvalue weighted by Crippen LogP contribution is -2.15. The maximum Gasteiger partial charge on any atom is 0.188 e. The number of imidazole rings is 1. The minimum absolute atomic E-state index is 0.0552. The van der Waals surface area contributed by atoms with Crippen LogP contribution in [0.25, 0.3) is 11.0 Å². The van der Waals surface area contributed by atoms with Crippen LogP contribution in [0.15, 0.2) is 35.1 Å². The molecule has 1 saturated carbocycles. The molecule has 1 aliphatic carbocycles. The van der Waals surface area contributed by atoms with Crippen LogP contribution in [0.2, 0.25) is 5.02 Å². The molecular weight excluding hydrogens is 447 g/mol. The largest absolute Gasteiger partial charge is 0.373 e. The summed E-state index contributed by atoms with van der Waals surface area (Å²) >= 11 is 9.70. The van der Waals surface area contributed by atoms with Gasteiger partial charge in [0.05, 0.1) is 18.5 Å². The molecule has 7 heteroatoms. The van der Waals surface area contributed by atoms with Crippen LogP contribution in [-0.4, -0.2) is 28.5 Å². The molecule has 0 spiro atoms. The first-order chi connectivity index (χ1) is 13.4. The highest BCUT2D eigenvalue weighted by Gasteiger charge is 2.24. The zero-order valence-electron chi connectivity index (χ0n) is 15.3. The summed E-state index contributed by atoms with van der Waals surface area (Å²) in [4.78, 5) is 17.0. The first-order valence-electron chi connectivity index (χ1n) is 9.11. The van der Waals surface area contributed by atoms with Crippen LogP contribution in [0.3, 0.4) is 0 Å². The number of hydrogen-bond donors (Lipinski definition) is 0. The smallest absolute Gasteiger partial charge is 0.188 e. The van der Waals surface area contributed by atoms with Gasteiger partial charge in [0, 0.05) is 34.1 Å². The number of aromatic nitrogens is 2. The molecule has 0 amide bonds. The molecule has 1 aromatic heterocycles. The van der Waals surface area contributed by atoms with E-state index in [0.29, 0.717) is 34.2 Å². The van der Waals surface area contributed by atoms with Gasteiger partial charge in [-0.1, -0.05) is 33.6 Å². The molecule has 1 aliphatic rings. The lowest BCUT2D eigenvalue weighted by molar-refractivity contribution is 0.0738. The fourth-order valence-electron chi connectivity index (χ4n) is 3.22. The van der Waals surface area contributed by atoms with Crippen molar-refractivity contribution >= 4 is 44.3 Å². The number of rotatable bonds is 7. The van der Waals surface area contributed by atoms with Gasteiger partial charge in [0.1, 0.15) is 12.1 Å². The number of ketones is 1. The van der Waals surface area contributed by atoms with Crippen molar-refractivity contribution in [3.05, 3.63) is 62.6 Å². The van der Waals surface area contributed by atoms with Crippen molar-refractivity contribution < 1.29 is 13.9 Å². The van der Waals surface area contributed by atoms with Crippen LogP contribution in [0.5, 0.6) is 0 Å². The molecule has 1 heterocycles. The number of carbonyl (C=O) groups excluding carboxylic acids is 1. The fraction of sp³-hybridized carbons (Fsp3) is 0.333. The molecule has 28 heavy (non-hydrogen) atoms. The highest BCUT2D eigenvalue weighted by molar-refractivity contribution is 9.10. The molecule has 0 saturated heterocycles. The zero-order chi connectivity index (χ0) is 19.8. The summed E-state index contributed by atoms with van der Waals surface area (Å²) in [6.07, 6.45) is 4.05. The Labute approximate surface area is 175 Å². The molecule has 0 radical (unpaired) electrons. The first kappa shape index (κ1) is 19.6. The number of fused-ring (bicyclic) bond motifs is 1. The third-order valence-corrected chi connectivity index (χ3v) is 5.87. The van der Waals surface area contributed by atoms with Gasteiger partial charge in [-0.2, -0.15) is 0 Å². The van der Waals surface area contributed by atoms with Gasteiger partial charge in [-0.15, -0.1) is 0 Å². The van der Waals surface area contributed by atoms with E-state index < -0.39 is 5.82 Å². The summed E-state index contributed by atoms with van der Waals surface area (Å²) in [5.41, 5.74) is 2.20. The van der Waals surface area contributed by atoms with Gasteiger partial charge in [0.25, 0.3) is 0 Å². The maximum absolute atomic E-state index is 15.3. The summed E-state index contributed by atoms with van der Waals surface area (Å²) in [6.45, 7) is 0.524. The van der Waals surface area contributed by atoms with Crippen LogP contribution in [0.1, 0.15) is 34.3 Å². The average Bonchev–Trinajstić information content (AvgIpc) is 3.40. The van der Waals surface area contributed by atoms with Crippen molar-refractivity contribution in [2.45, 2.75) is 19.3 Å². The van der Waals surface area contributed by atoms with Crippen LogP contribution in [-0.2, 0) is 18.2 Å². The van der Waals surface area contributed by atoms with Gasteiger partial charge in [0.15, 0.2) is 11.6 Å². The van der Waals surface area contributed by atoms with Crippen molar-refractivity contribution in [3.8, 4) is 0 Å². The van der Waals surface area contributed by atoms with Gasteiger partial charge in [-0.25, -0.2) is 9.37 Å². The lowest BCUT2D eigenvalue weighted by Gasteiger charge is -2.13. The second kappa shape index (κ2) is 7.93. The number of hydrogen-bond acceptors (Lipinski definition) is 3. The van der Waals surface area contributed by atoms with Gasteiger partial charge >= 0.3 is 0 Å². The molecule has 4 rings (SSSR count). The van der Waals surface area contributed by atoms with Crippen molar-refractivity contribution in [3.63, 3.8) is 0 Å². The van der Waals surface area contributed by atoms with E-state index in [0.717, 1.165) is 22.9 Å². The minimum Gasteiger partial charge on any atom is -0.373 e. The van der Waals surface area contributed by atoms with Gasteiger partial charge < -0.3 is 9.30 Å². The molecule has 1 fully saturated rings. The van der Waals surface area contributed by atoms with E-state index in [-0.39, 0.29) is 24.3 Å². The van der Waals surface area contributed by atoms with E-state index >= 15 is 4.39 Å². The van der Waals surface area contributed by atoms with E-state index in [2.05, 4.69) is 20.9 Å². The molecular formula is C21H19BrClFN2O2. The summed E-state index contributed by atoms with van der Waals surface area (Å²) in [7, 11) is 1.78. The molecule has 3 aromatic rings. The second-order valence-corrected chi connectivity index (χ2v) is 8.56.